The van der Waals surface area contributed by atoms with Crippen LogP contribution in [0.15, 0.2) is 42.5 Å². The fraction of sp³-hybridized carbons (Fsp3) is 0.381. The quantitative estimate of drug-likeness (QED) is 0.725. The number of hydrogen-bond donors (Lipinski definition) is 2. The summed E-state index contributed by atoms with van der Waals surface area (Å²) in [6.07, 6.45) is 3.70. The van der Waals surface area contributed by atoms with Gasteiger partial charge < -0.3 is 20.3 Å². The Morgan fingerprint density at radius 3 is 2.50 bits per heavy atom. The Morgan fingerprint density at radius 2 is 1.82 bits per heavy atom. The highest BCUT2D eigenvalue weighted by atomic mass is 19.3. The van der Waals surface area contributed by atoms with Crippen molar-refractivity contribution in [1.29, 1.82) is 0 Å². The van der Waals surface area contributed by atoms with Crippen LogP contribution >= 0.6 is 0 Å². The maximum absolute atomic E-state index is 12.6. The van der Waals surface area contributed by atoms with E-state index in [1.54, 1.807) is 19.1 Å². The standard InChI is InChI=1S/C21H25F2N3O2/c1-15-6-5-7-18(28-21(22)23)20(15)24-14-19(27)25-16-8-10-17(11-9-16)26-12-3-2-4-13-26/h5-11,21,24H,2-4,12-14H2,1H3,(H,25,27). The number of para-hydroxylation sites is 1. The Bertz CT molecular complexity index is 791. The van der Waals surface area contributed by atoms with E-state index in [0.29, 0.717) is 11.4 Å². The highest BCUT2D eigenvalue weighted by Gasteiger charge is 2.13. The molecule has 1 heterocycles. The van der Waals surface area contributed by atoms with Gasteiger partial charge in [-0.25, -0.2) is 0 Å². The van der Waals surface area contributed by atoms with E-state index >= 15 is 0 Å². The van der Waals surface area contributed by atoms with E-state index in [-0.39, 0.29) is 18.2 Å². The lowest BCUT2D eigenvalue weighted by Crippen LogP contribution is -2.29. The molecule has 0 unspecified atom stereocenters. The van der Waals surface area contributed by atoms with Gasteiger partial charge >= 0.3 is 6.61 Å². The van der Waals surface area contributed by atoms with Crippen LogP contribution in [-0.4, -0.2) is 32.2 Å². The third-order valence-electron chi connectivity index (χ3n) is 4.75. The molecule has 2 aromatic rings. The number of aryl methyl sites for hydroxylation is 1. The lowest BCUT2D eigenvalue weighted by atomic mass is 10.1. The minimum Gasteiger partial charge on any atom is -0.433 e. The fourth-order valence-electron chi connectivity index (χ4n) is 3.34. The van der Waals surface area contributed by atoms with Gasteiger partial charge in [0.2, 0.25) is 5.91 Å². The van der Waals surface area contributed by atoms with Crippen LogP contribution in [0.2, 0.25) is 0 Å². The minimum absolute atomic E-state index is 0.0219. The van der Waals surface area contributed by atoms with E-state index in [9.17, 15) is 13.6 Å². The van der Waals surface area contributed by atoms with Gasteiger partial charge in [0, 0.05) is 24.5 Å². The summed E-state index contributed by atoms with van der Waals surface area (Å²) in [7, 11) is 0. The molecule has 1 aliphatic heterocycles. The van der Waals surface area contributed by atoms with Crippen LogP contribution in [0.4, 0.5) is 25.8 Å². The number of nitrogens with zero attached hydrogens (tertiary/aromatic N) is 1. The van der Waals surface area contributed by atoms with Crippen molar-refractivity contribution in [2.45, 2.75) is 32.8 Å². The number of carbonyl (C=O) groups is 1. The average molecular weight is 389 g/mol. The topological polar surface area (TPSA) is 53.6 Å². The van der Waals surface area contributed by atoms with Crippen LogP contribution in [0.1, 0.15) is 24.8 Å². The molecule has 0 aliphatic carbocycles. The number of amides is 1. The molecule has 0 spiro atoms. The summed E-state index contributed by atoms with van der Waals surface area (Å²) in [5, 5.41) is 5.70. The lowest BCUT2D eigenvalue weighted by Gasteiger charge is -2.28. The first kappa shape index (κ1) is 19.9. The van der Waals surface area contributed by atoms with Crippen LogP contribution in [0, 0.1) is 6.92 Å². The second kappa shape index (κ2) is 9.39. The van der Waals surface area contributed by atoms with Crippen molar-refractivity contribution in [2.75, 3.05) is 35.2 Å². The Morgan fingerprint density at radius 1 is 1.11 bits per heavy atom. The van der Waals surface area contributed by atoms with Crippen molar-refractivity contribution in [3.8, 4) is 5.75 Å². The predicted octanol–water partition coefficient (Wildman–Crippen LogP) is 4.64. The second-order valence-electron chi connectivity index (χ2n) is 6.82. The second-order valence-corrected chi connectivity index (χ2v) is 6.82. The maximum Gasteiger partial charge on any atom is 0.387 e. The molecule has 1 amide bonds. The van der Waals surface area contributed by atoms with Gasteiger partial charge in [-0.2, -0.15) is 8.78 Å². The normalized spacial score (nSPS) is 14.1. The number of rotatable bonds is 7. The van der Waals surface area contributed by atoms with E-state index in [0.717, 1.165) is 24.3 Å². The minimum atomic E-state index is -2.92. The molecule has 1 saturated heterocycles. The molecule has 2 N–H and O–H groups in total. The summed E-state index contributed by atoms with van der Waals surface area (Å²) in [4.78, 5) is 14.6. The zero-order valence-electron chi connectivity index (χ0n) is 15.9. The van der Waals surface area contributed by atoms with Crippen molar-refractivity contribution in [1.82, 2.24) is 0 Å². The zero-order valence-corrected chi connectivity index (χ0v) is 15.9. The molecular weight excluding hydrogens is 364 g/mol. The van der Waals surface area contributed by atoms with Gasteiger partial charge in [0.15, 0.2) is 0 Å². The highest BCUT2D eigenvalue weighted by Crippen LogP contribution is 2.29. The Labute approximate surface area is 163 Å². The molecule has 0 atom stereocenters. The van der Waals surface area contributed by atoms with Crippen molar-refractivity contribution >= 4 is 23.0 Å². The number of alkyl halides is 2. The molecular formula is C21H25F2N3O2. The number of ether oxygens (including phenoxy) is 1. The third-order valence-corrected chi connectivity index (χ3v) is 4.75. The molecule has 28 heavy (non-hydrogen) atoms. The lowest BCUT2D eigenvalue weighted by molar-refractivity contribution is -0.114. The smallest absolute Gasteiger partial charge is 0.387 e. The largest absolute Gasteiger partial charge is 0.433 e. The number of hydrogen-bond acceptors (Lipinski definition) is 4. The SMILES string of the molecule is Cc1cccc(OC(F)F)c1NCC(=O)Nc1ccc(N2CCCCC2)cc1. The summed E-state index contributed by atoms with van der Waals surface area (Å²) in [6.45, 7) is 0.912. The fourth-order valence-corrected chi connectivity index (χ4v) is 3.34. The molecule has 1 fully saturated rings. The summed E-state index contributed by atoms with van der Waals surface area (Å²) < 4.78 is 29.6. The number of benzene rings is 2. The maximum atomic E-state index is 12.6. The number of carbonyl (C=O) groups excluding carboxylic acids is 1. The van der Waals surface area contributed by atoms with Gasteiger partial charge in [0.05, 0.1) is 12.2 Å². The van der Waals surface area contributed by atoms with Crippen molar-refractivity contribution < 1.29 is 18.3 Å². The van der Waals surface area contributed by atoms with Gasteiger partial charge in [0.1, 0.15) is 5.75 Å². The number of halogens is 2. The van der Waals surface area contributed by atoms with Crippen molar-refractivity contribution in [3.05, 3.63) is 48.0 Å². The van der Waals surface area contributed by atoms with Crippen LogP contribution < -0.4 is 20.3 Å². The molecule has 0 radical (unpaired) electrons. The van der Waals surface area contributed by atoms with E-state index in [1.807, 2.05) is 24.3 Å². The highest BCUT2D eigenvalue weighted by molar-refractivity contribution is 5.94. The molecule has 2 aromatic carbocycles. The first-order valence-electron chi connectivity index (χ1n) is 9.46. The van der Waals surface area contributed by atoms with Gasteiger partial charge in [-0.1, -0.05) is 12.1 Å². The number of piperidine rings is 1. The van der Waals surface area contributed by atoms with Gasteiger partial charge in [0.25, 0.3) is 0 Å². The first-order chi connectivity index (χ1) is 13.5. The molecule has 1 aliphatic rings. The summed E-state index contributed by atoms with van der Waals surface area (Å²) in [5.74, 6) is -0.245. The Hall–Kier alpha value is -2.83. The molecule has 5 nitrogen and oxygen atoms in total. The average Bonchev–Trinajstić information content (AvgIpc) is 2.68. The number of anilines is 3. The number of nitrogens with one attached hydrogen (secondary N) is 2. The molecule has 0 saturated carbocycles. The zero-order chi connectivity index (χ0) is 19.9. The third kappa shape index (κ3) is 5.34. The predicted molar refractivity (Wildman–Crippen MR) is 107 cm³/mol. The van der Waals surface area contributed by atoms with Crippen LogP contribution in [0.25, 0.3) is 0 Å². The summed E-state index contributed by atoms with van der Waals surface area (Å²) in [5.41, 5.74) is 2.96. The van der Waals surface area contributed by atoms with Gasteiger partial charge in [-0.05, 0) is 62.1 Å². The summed E-state index contributed by atoms with van der Waals surface area (Å²) >= 11 is 0. The van der Waals surface area contributed by atoms with Crippen LogP contribution in [0.3, 0.4) is 0 Å². The van der Waals surface area contributed by atoms with Crippen molar-refractivity contribution in [2.24, 2.45) is 0 Å². The van der Waals surface area contributed by atoms with E-state index < -0.39 is 6.61 Å². The van der Waals surface area contributed by atoms with Crippen LogP contribution in [-0.2, 0) is 4.79 Å². The Kier molecular flexibility index (Phi) is 6.68. The van der Waals surface area contributed by atoms with Crippen LogP contribution in [0.5, 0.6) is 5.75 Å². The van der Waals surface area contributed by atoms with E-state index in [1.165, 1.54) is 25.3 Å². The van der Waals surface area contributed by atoms with Gasteiger partial charge in [-0.3, -0.25) is 4.79 Å². The molecule has 0 bridgehead atoms. The first-order valence-corrected chi connectivity index (χ1v) is 9.46. The van der Waals surface area contributed by atoms with Gasteiger partial charge in [-0.15, -0.1) is 0 Å². The Balaban J connectivity index is 1.56. The molecule has 3 rings (SSSR count). The molecule has 7 heteroatoms. The van der Waals surface area contributed by atoms with E-state index in [4.69, 9.17) is 0 Å². The van der Waals surface area contributed by atoms with Crippen molar-refractivity contribution in [3.63, 3.8) is 0 Å². The summed E-state index contributed by atoms with van der Waals surface area (Å²) in [6, 6.07) is 12.6. The van der Waals surface area contributed by atoms with E-state index in [2.05, 4.69) is 20.3 Å². The molecule has 0 aromatic heterocycles. The molecule has 150 valence electrons. The monoisotopic (exact) mass is 389 g/mol.